The van der Waals surface area contributed by atoms with Crippen molar-refractivity contribution < 1.29 is 34.1 Å². The standard InChI is InChI=1S/C42H40NO7P/c1-29(44)38-36(27-37(45)39(46)31-15-7-3-8-16-31)43(40(38)47)41(42(48)50-28-30-23-25-32(49-2)26-24-30)51(33-17-9-4-10-18-33,34-19-11-5-12-20-34)35-21-13-6-14-22-35/h3-26,29,36,38-39,44,46H,27-28H2,1-2H3/t29-,36-,38-,39?/m1/s1. The molecule has 0 aromatic heterocycles. The first-order chi connectivity index (χ1) is 24.8. The van der Waals surface area contributed by atoms with Crippen molar-refractivity contribution in [3.8, 4) is 5.75 Å². The molecule has 260 valence electrons. The van der Waals surface area contributed by atoms with Gasteiger partial charge in [0, 0.05) is 13.3 Å². The summed E-state index contributed by atoms with van der Waals surface area (Å²) in [6.07, 6.45) is -2.89. The Morgan fingerprint density at radius 2 is 1.20 bits per heavy atom. The topological polar surface area (TPSA) is 113 Å². The predicted molar refractivity (Wildman–Crippen MR) is 200 cm³/mol. The zero-order valence-electron chi connectivity index (χ0n) is 28.4. The molecule has 9 heteroatoms. The molecule has 0 spiro atoms. The van der Waals surface area contributed by atoms with Gasteiger partial charge in [0.1, 0.15) is 23.9 Å². The van der Waals surface area contributed by atoms with Gasteiger partial charge in [0.25, 0.3) is 0 Å². The van der Waals surface area contributed by atoms with Gasteiger partial charge < -0.3 is 24.6 Å². The summed E-state index contributed by atoms with van der Waals surface area (Å²) in [7, 11) is 1.57. The first kappa shape index (κ1) is 35.6. The highest BCUT2D eigenvalue weighted by atomic mass is 31.2. The predicted octanol–water partition coefficient (Wildman–Crippen LogP) is 4.76. The molecule has 0 bridgehead atoms. The molecule has 4 atom stereocenters. The van der Waals surface area contributed by atoms with Crippen LogP contribution in [-0.4, -0.2) is 57.4 Å². The smallest absolute Gasteiger partial charge is 0.356 e. The fraction of sp³-hybridized carbons (Fsp3) is 0.190. The Balaban J connectivity index is 1.60. The maximum absolute atomic E-state index is 15.0. The SMILES string of the molecule is COc1ccc(COC(=O)C(N2C(=O)[C@H]([C@@H](C)O)[C@H]2CC(=O)C(O)c2ccccc2)=P(c2ccccc2)(c2ccccc2)c2ccccc2)cc1. The largest absolute Gasteiger partial charge is 0.497 e. The lowest BCUT2D eigenvalue weighted by atomic mass is 9.79. The summed E-state index contributed by atoms with van der Waals surface area (Å²) in [6, 6.07) is 43.4. The van der Waals surface area contributed by atoms with Crippen molar-refractivity contribution in [1.29, 1.82) is 0 Å². The molecule has 6 rings (SSSR count). The number of methoxy groups -OCH3 is 1. The summed E-state index contributed by atoms with van der Waals surface area (Å²) in [6.45, 7) is -1.85. The molecular formula is C42H40NO7P. The van der Waals surface area contributed by atoms with E-state index in [1.807, 2.05) is 91.0 Å². The fourth-order valence-electron chi connectivity index (χ4n) is 6.81. The molecule has 1 amide bonds. The number of nitrogens with zero attached hydrogens (tertiary/aromatic N) is 1. The van der Waals surface area contributed by atoms with Gasteiger partial charge in [0.05, 0.1) is 25.2 Å². The number of β-lactam (4-membered cyclic amide) rings is 1. The van der Waals surface area contributed by atoms with Gasteiger partial charge in [-0.2, -0.15) is 0 Å². The number of carbonyl (C=O) groups excluding carboxylic acids is 3. The summed E-state index contributed by atoms with van der Waals surface area (Å²) in [5, 5.41) is 24.4. The molecule has 1 fully saturated rings. The Labute approximate surface area is 297 Å². The lowest BCUT2D eigenvalue weighted by Gasteiger charge is -2.50. The van der Waals surface area contributed by atoms with Gasteiger partial charge in [-0.05, 0) is 46.1 Å². The van der Waals surface area contributed by atoms with Crippen molar-refractivity contribution in [2.75, 3.05) is 7.11 Å². The van der Waals surface area contributed by atoms with E-state index in [9.17, 15) is 19.8 Å². The number of Topliss-reactive ketones (excluding diaryl/α,β-unsaturated/α-hetero) is 1. The number of carbonyl (C=O) groups is 3. The maximum Gasteiger partial charge on any atom is 0.356 e. The highest BCUT2D eigenvalue weighted by Gasteiger charge is 2.56. The molecule has 1 aliphatic heterocycles. The van der Waals surface area contributed by atoms with E-state index >= 15 is 4.79 Å². The number of rotatable bonds is 13. The molecule has 0 aliphatic carbocycles. The molecule has 1 heterocycles. The zero-order chi connectivity index (χ0) is 36.0. The molecule has 51 heavy (non-hydrogen) atoms. The van der Waals surface area contributed by atoms with E-state index in [0.29, 0.717) is 16.9 Å². The number of benzene rings is 5. The van der Waals surface area contributed by atoms with Crippen LogP contribution in [0.25, 0.3) is 0 Å². The van der Waals surface area contributed by atoms with E-state index < -0.39 is 48.7 Å². The number of hydrogen-bond donors (Lipinski definition) is 2. The monoisotopic (exact) mass is 701 g/mol. The number of aliphatic hydroxyl groups is 2. The Kier molecular flexibility index (Phi) is 11.0. The Bertz CT molecular complexity index is 1910. The third-order valence-corrected chi connectivity index (χ3v) is 13.6. The fourth-order valence-corrected chi connectivity index (χ4v) is 11.2. The van der Waals surface area contributed by atoms with Crippen molar-refractivity contribution in [3.05, 3.63) is 157 Å². The number of ketones is 1. The zero-order valence-corrected chi connectivity index (χ0v) is 29.3. The number of ether oxygens (including phenoxy) is 2. The second-order valence-corrected chi connectivity index (χ2v) is 15.8. The van der Waals surface area contributed by atoms with Crippen molar-refractivity contribution in [2.24, 2.45) is 5.92 Å². The lowest BCUT2D eigenvalue weighted by Crippen LogP contribution is -2.68. The molecule has 1 unspecified atom stereocenters. The van der Waals surface area contributed by atoms with E-state index in [2.05, 4.69) is 0 Å². The van der Waals surface area contributed by atoms with Gasteiger partial charge in [0.2, 0.25) is 5.91 Å². The summed E-state index contributed by atoms with van der Waals surface area (Å²) in [4.78, 5) is 44.6. The van der Waals surface area contributed by atoms with Gasteiger partial charge in [-0.3, -0.25) is 9.59 Å². The first-order valence-electron chi connectivity index (χ1n) is 16.8. The van der Waals surface area contributed by atoms with Gasteiger partial charge in [-0.1, -0.05) is 133 Å². The summed E-state index contributed by atoms with van der Waals surface area (Å²) in [5.74, 6) is -2.11. The van der Waals surface area contributed by atoms with Crippen molar-refractivity contribution in [3.63, 3.8) is 0 Å². The van der Waals surface area contributed by atoms with Crippen LogP contribution in [0.1, 0.15) is 30.6 Å². The average Bonchev–Trinajstić information content (AvgIpc) is 3.18. The summed E-state index contributed by atoms with van der Waals surface area (Å²) in [5.41, 5.74) is 1.21. The van der Waals surface area contributed by atoms with E-state index in [-0.39, 0.29) is 18.4 Å². The normalized spacial score (nSPS) is 16.8. The van der Waals surface area contributed by atoms with Crippen LogP contribution >= 0.6 is 6.89 Å². The van der Waals surface area contributed by atoms with E-state index in [1.165, 1.54) is 11.8 Å². The van der Waals surface area contributed by atoms with Gasteiger partial charge >= 0.3 is 5.97 Å². The molecular weight excluding hydrogens is 661 g/mol. The van der Waals surface area contributed by atoms with Crippen LogP contribution in [0.15, 0.2) is 146 Å². The Morgan fingerprint density at radius 1 is 0.725 bits per heavy atom. The van der Waals surface area contributed by atoms with Crippen LogP contribution < -0.4 is 20.7 Å². The van der Waals surface area contributed by atoms with Crippen molar-refractivity contribution >= 4 is 45.9 Å². The number of amides is 1. The van der Waals surface area contributed by atoms with E-state index in [4.69, 9.17) is 9.47 Å². The molecule has 0 saturated carbocycles. The molecule has 5 aromatic rings. The average molecular weight is 702 g/mol. The highest BCUT2D eigenvalue weighted by molar-refractivity contribution is 7.96. The molecule has 2 N–H and O–H groups in total. The van der Waals surface area contributed by atoms with Crippen LogP contribution in [0.2, 0.25) is 0 Å². The third kappa shape index (κ3) is 7.04. The number of hydrogen-bond acceptors (Lipinski definition) is 7. The second kappa shape index (κ2) is 15.7. The molecule has 0 radical (unpaired) electrons. The first-order valence-corrected chi connectivity index (χ1v) is 18.6. The van der Waals surface area contributed by atoms with Crippen molar-refractivity contribution in [2.45, 2.75) is 38.2 Å². The second-order valence-electron chi connectivity index (χ2n) is 12.5. The van der Waals surface area contributed by atoms with E-state index in [0.717, 1.165) is 15.9 Å². The molecule has 8 nitrogen and oxygen atoms in total. The number of aliphatic hydroxyl groups excluding tert-OH is 2. The van der Waals surface area contributed by atoms with Crippen LogP contribution in [0.3, 0.4) is 0 Å². The van der Waals surface area contributed by atoms with Crippen LogP contribution in [-0.2, 0) is 25.7 Å². The summed E-state index contributed by atoms with van der Waals surface area (Å²) >= 11 is 0. The minimum atomic E-state index is -3.26. The summed E-state index contributed by atoms with van der Waals surface area (Å²) < 4.78 is 11.4. The lowest BCUT2D eigenvalue weighted by molar-refractivity contribution is -0.159. The molecule has 1 saturated heterocycles. The quantitative estimate of drug-likeness (QED) is 0.103. The minimum Gasteiger partial charge on any atom is -0.497 e. The van der Waals surface area contributed by atoms with Crippen LogP contribution in [0.5, 0.6) is 5.75 Å². The van der Waals surface area contributed by atoms with Gasteiger partial charge in [-0.25, -0.2) is 4.79 Å². The third-order valence-electron chi connectivity index (χ3n) is 9.31. The van der Waals surface area contributed by atoms with Crippen LogP contribution in [0.4, 0.5) is 0 Å². The molecule has 5 aromatic carbocycles. The Hall–Kier alpha value is -5.27. The van der Waals surface area contributed by atoms with E-state index in [1.54, 1.807) is 61.7 Å². The van der Waals surface area contributed by atoms with Crippen LogP contribution in [0, 0.1) is 5.92 Å². The molecule has 1 aliphatic rings. The van der Waals surface area contributed by atoms with Gasteiger partial charge in [0.15, 0.2) is 5.78 Å². The van der Waals surface area contributed by atoms with Gasteiger partial charge in [-0.15, -0.1) is 0 Å². The maximum atomic E-state index is 15.0. The highest BCUT2D eigenvalue weighted by Crippen LogP contribution is 2.50. The minimum absolute atomic E-state index is 0.0912. The van der Waals surface area contributed by atoms with Crippen molar-refractivity contribution in [1.82, 2.24) is 4.90 Å². The number of likely N-dealkylation sites (tertiary alicyclic amines) is 1. The number of esters is 1. The Morgan fingerprint density at radius 3 is 1.65 bits per heavy atom.